The molecule has 0 spiro atoms. The number of ether oxygens (including phenoxy) is 1. The summed E-state index contributed by atoms with van der Waals surface area (Å²) >= 11 is 5.68. The summed E-state index contributed by atoms with van der Waals surface area (Å²) in [6, 6.07) is 9.86. The number of phenols is 1. The summed E-state index contributed by atoms with van der Waals surface area (Å²) in [5.41, 5.74) is 0. The van der Waals surface area contributed by atoms with Gasteiger partial charge in [-0.25, -0.2) is 4.98 Å². The van der Waals surface area contributed by atoms with Gasteiger partial charge in [0, 0.05) is 18.3 Å². The average Bonchev–Trinajstić information content (AvgIpc) is 2.22. The molecule has 4 heteroatoms. The van der Waals surface area contributed by atoms with Crippen LogP contribution in [0.3, 0.4) is 0 Å². The largest absolute Gasteiger partial charge is 0.508 e. The molecule has 1 aromatic heterocycles. The molecule has 0 aliphatic rings. The molecule has 0 unspecified atom stereocenters. The zero-order valence-electron chi connectivity index (χ0n) is 7.72. The molecule has 2 rings (SSSR count). The highest BCUT2D eigenvalue weighted by Crippen LogP contribution is 2.23. The lowest BCUT2D eigenvalue weighted by Crippen LogP contribution is -1.86. The van der Waals surface area contributed by atoms with E-state index >= 15 is 0 Å². The number of phenolic OH excluding ortho intramolecular Hbond substituents is 1. The predicted molar refractivity (Wildman–Crippen MR) is 57.4 cm³/mol. The summed E-state index contributed by atoms with van der Waals surface area (Å²) in [7, 11) is 0. The van der Waals surface area contributed by atoms with Crippen LogP contribution in [0.15, 0.2) is 42.6 Å². The molecule has 76 valence electrons. The van der Waals surface area contributed by atoms with Crippen LogP contribution in [-0.4, -0.2) is 10.1 Å². The Hall–Kier alpha value is -1.74. The van der Waals surface area contributed by atoms with Gasteiger partial charge in [0.15, 0.2) is 0 Å². The Kier molecular flexibility index (Phi) is 2.74. The van der Waals surface area contributed by atoms with Crippen LogP contribution in [0.1, 0.15) is 0 Å². The van der Waals surface area contributed by atoms with Crippen LogP contribution in [0.5, 0.6) is 17.4 Å². The highest BCUT2D eigenvalue weighted by Gasteiger charge is 1.99. The maximum atomic E-state index is 9.21. The minimum atomic E-state index is 0.154. The predicted octanol–water partition coefficient (Wildman–Crippen LogP) is 3.23. The lowest BCUT2D eigenvalue weighted by molar-refractivity contribution is 0.445. The van der Waals surface area contributed by atoms with Crippen molar-refractivity contribution in [1.82, 2.24) is 4.98 Å². The number of pyridine rings is 1. The Morgan fingerprint density at radius 2 is 2.07 bits per heavy atom. The molecule has 0 aliphatic carbocycles. The van der Waals surface area contributed by atoms with Crippen molar-refractivity contribution in [1.29, 1.82) is 0 Å². The van der Waals surface area contributed by atoms with Crippen LogP contribution >= 0.6 is 11.6 Å². The van der Waals surface area contributed by atoms with Gasteiger partial charge >= 0.3 is 0 Å². The molecule has 0 radical (unpaired) electrons. The van der Waals surface area contributed by atoms with E-state index in [2.05, 4.69) is 4.98 Å². The van der Waals surface area contributed by atoms with E-state index in [1.807, 2.05) is 0 Å². The average molecular weight is 222 g/mol. The molecule has 0 atom stereocenters. The molecule has 1 N–H and O–H groups in total. The van der Waals surface area contributed by atoms with Crippen LogP contribution in [0.2, 0.25) is 5.02 Å². The maximum Gasteiger partial charge on any atom is 0.219 e. The second-order valence-corrected chi connectivity index (χ2v) is 3.35. The highest BCUT2D eigenvalue weighted by atomic mass is 35.5. The molecule has 0 bridgehead atoms. The minimum absolute atomic E-state index is 0.154. The van der Waals surface area contributed by atoms with Gasteiger partial charge in [0.25, 0.3) is 0 Å². The van der Waals surface area contributed by atoms with Crippen molar-refractivity contribution in [3.63, 3.8) is 0 Å². The van der Waals surface area contributed by atoms with E-state index < -0.39 is 0 Å². The summed E-state index contributed by atoms with van der Waals surface area (Å²) in [4.78, 5) is 3.97. The summed E-state index contributed by atoms with van der Waals surface area (Å²) < 4.78 is 5.38. The topological polar surface area (TPSA) is 42.4 Å². The van der Waals surface area contributed by atoms with E-state index in [1.165, 1.54) is 12.3 Å². The van der Waals surface area contributed by atoms with Crippen molar-refractivity contribution >= 4 is 11.6 Å². The molecule has 2 aromatic rings. The standard InChI is InChI=1S/C11H8ClNO2/c12-8-4-5-11(13-7-8)15-10-3-1-2-9(14)6-10/h1-7,14H. The van der Waals surface area contributed by atoms with E-state index in [-0.39, 0.29) is 5.75 Å². The molecule has 15 heavy (non-hydrogen) atoms. The number of benzene rings is 1. The first-order valence-electron chi connectivity index (χ1n) is 4.32. The van der Waals surface area contributed by atoms with Gasteiger partial charge in [0.2, 0.25) is 5.88 Å². The second kappa shape index (κ2) is 4.19. The fraction of sp³-hybridized carbons (Fsp3) is 0. The smallest absolute Gasteiger partial charge is 0.219 e. The normalized spacial score (nSPS) is 9.93. The SMILES string of the molecule is Oc1cccc(Oc2ccc(Cl)cn2)c1. The van der Waals surface area contributed by atoms with Gasteiger partial charge in [-0.3, -0.25) is 0 Å². The third-order valence-corrected chi connectivity index (χ3v) is 1.96. The number of nitrogens with zero attached hydrogens (tertiary/aromatic N) is 1. The fourth-order valence-corrected chi connectivity index (χ4v) is 1.20. The Balaban J connectivity index is 2.18. The van der Waals surface area contributed by atoms with Crippen LogP contribution in [0.4, 0.5) is 0 Å². The van der Waals surface area contributed by atoms with E-state index in [0.717, 1.165) is 0 Å². The summed E-state index contributed by atoms with van der Waals surface area (Å²) in [5, 5.41) is 9.77. The maximum absolute atomic E-state index is 9.21. The zero-order chi connectivity index (χ0) is 10.7. The van der Waals surface area contributed by atoms with Crippen molar-refractivity contribution in [2.24, 2.45) is 0 Å². The molecule has 1 heterocycles. The lowest BCUT2D eigenvalue weighted by Gasteiger charge is -2.04. The van der Waals surface area contributed by atoms with Crippen LogP contribution in [0.25, 0.3) is 0 Å². The van der Waals surface area contributed by atoms with Gasteiger partial charge in [-0.1, -0.05) is 17.7 Å². The summed E-state index contributed by atoms with van der Waals surface area (Å²) in [6.45, 7) is 0. The van der Waals surface area contributed by atoms with Gasteiger partial charge in [-0.05, 0) is 18.2 Å². The first-order valence-corrected chi connectivity index (χ1v) is 4.70. The van der Waals surface area contributed by atoms with Crippen molar-refractivity contribution in [3.05, 3.63) is 47.6 Å². The first kappa shape index (κ1) is 9.80. The van der Waals surface area contributed by atoms with Crippen LogP contribution in [0, 0.1) is 0 Å². The van der Waals surface area contributed by atoms with Crippen LogP contribution < -0.4 is 4.74 Å². The Bertz CT molecular complexity index is 456. The second-order valence-electron chi connectivity index (χ2n) is 2.91. The quantitative estimate of drug-likeness (QED) is 0.847. The Morgan fingerprint density at radius 1 is 1.20 bits per heavy atom. The third kappa shape index (κ3) is 2.60. The van der Waals surface area contributed by atoms with E-state index in [1.54, 1.807) is 30.3 Å². The number of hydrogen-bond donors (Lipinski definition) is 1. The van der Waals surface area contributed by atoms with Gasteiger partial charge in [-0.2, -0.15) is 0 Å². The summed E-state index contributed by atoms with van der Waals surface area (Å²) in [6.07, 6.45) is 1.50. The molecule has 0 fully saturated rings. The fourth-order valence-electron chi connectivity index (χ4n) is 1.09. The molecule has 0 saturated carbocycles. The number of halogens is 1. The highest BCUT2D eigenvalue weighted by molar-refractivity contribution is 6.30. The van der Waals surface area contributed by atoms with Gasteiger partial charge < -0.3 is 9.84 Å². The molecule has 1 aromatic carbocycles. The minimum Gasteiger partial charge on any atom is -0.508 e. The third-order valence-electron chi connectivity index (χ3n) is 1.74. The Labute approximate surface area is 91.9 Å². The molecule has 0 aliphatic heterocycles. The summed E-state index contributed by atoms with van der Waals surface area (Å²) in [5.74, 6) is 1.12. The van der Waals surface area contributed by atoms with Crippen molar-refractivity contribution in [3.8, 4) is 17.4 Å². The van der Waals surface area contributed by atoms with Gasteiger partial charge in [0.1, 0.15) is 11.5 Å². The number of rotatable bonds is 2. The van der Waals surface area contributed by atoms with E-state index in [9.17, 15) is 5.11 Å². The first-order chi connectivity index (χ1) is 7.24. The monoisotopic (exact) mass is 221 g/mol. The van der Waals surface area contributed by atoms with E-state index in [0.29, 0.717) is 16.7 Å². The number of aromatic hydroxyl groups is 1. The van der Waals surface area contributed by atoms with Gasteiger partial charge in [-0.15, -0.1) is 0 Å². The molecule has 3 nitrogen and oxygen atoms in total. The Morgan fingerprint density at radius 3 is 2.73 bits per heavy atom. The van der Waals surface area contributed by atoms with Crippen molar-refractivity contribution in [2.45, 2.75) is 0 Å². The van der Waals surface area contributed by atoms with Gasteiger partial charge in [0.05, 0.1) is 5.02 Å². The lowest BCUT2D eigenvalue weighted by atomic mass is 10.3. The molecular formula is C11H8ClNO2. The van der Waals surface area contributed by atoms with E-state index in [4.69, 9.17) is 16.3 Å². The van der Waals surface area contributed by atoms with Crippen molar-refractivity contribution in [2.75, 3.05) is 0 Å². The van der Waals surface area contributed by atoms with Crippen LogP contribution in [-0.2, 0) is 0 Å². The molecule has 0 amide bonds. The number of aromatic nitrogens is 1. The number of hydrogen-bond acceptors (Lipinski definition) is 3. The van der Waals surface area contributed by atoms with Crippen molar-refractivity contribution < 1.29 is 9.84 Å². The molecular weight excluding hydrogens is 214 g/mol. The molecule has 0 saturated heterocycles. The zero-order valence-corrected chi connectivity index (χ0v) is 8.48.